The van der Waals surface area contributed by atoms with Crippen molar-refractivity contribution >= 4 is 17.4 Å². The van der Waals surface area contributed by atoms with Crippen LogP contribution in [0.15, 0.2) is 30.3 Å². The van der Waals surface area contributed by atoms with Crippen molar-refractivity contribution in [3.05, 3.63) is 35.9 Å². The van der Waals surface area contributed by atoms with Gasteiger partial charge in [-0.15, -0.1) is 11.6 Å². The molecule has 1 aliphatic rings. The highest BCUT2D eigenvalue weighted by atomic mass is 35.5. The van der Waals surface area contributed by atoms with Crippen LogP contribution in [0.25, 0.3) is 0 Å². The van der Waals surface area contributed by atoms with Gasteiger partial charge < -0.3 is 0 Å². The Hall–Kier alpha value is -0.820. The van der Waals surface area contributed by atoms with Gasteiger partial charge >= 0.3 is 0 Å². The van der Waals surface area contributed by atoms with Crippen molar-refractivity contribution in [2.24, 2.45) is 5.92 Å². The summed E-state index contributed by atoms with van der Waals surface area (Å²) in [5, 5.41) is -0.447. The van der Waals surface area contributed by atoms with E-state index in [1.807, 2.05) is 30.3 Å². The smallest absolute Gasteiger partial charge is 0.155 e. The zero-order chi connectivity index (χ0) is 9.97. The summed E-state index contributed by atoms with van der Waals surface area (Å²) >= 11 is 6.08. The normalized spacial score (nSPS) is 17.8. The van der Waals surface area contributed by atoms with E-state index in [0.717, 1.165) is 5.56 Å². The van der Waals surface area contributed by atoms with E-state index in [2.05, 4.69) is 0 Å². The molecule has 0 radical (unpaired) electrons. The van der Waals surface area contributed by atoms with Crippen molar-refractivity contribution in [2.45, 2.75) is 24.6 Å². The van der Waals surface area contributed by atoms with Gasteiger partial charge in [-0.1, -0.05) is 30.3 Å². The molecule has 1 aromatic carbocycles. The van der Waals surface area contributed by atoms with Crippen molar-refractivity contribution in [1.29, 1.82) is 0 Å². The summed E-state index contributed by atoms with van der Waals surface area (Å²) in [4.78, 5) is 11.7. The van der Waals surface area contributed by atoms with Crippen molar-refractivity contribution in [1.82, 2.24) is 0 Å². The highest BCUT2D eigenvalue weighted by Gasteiger charge is 2.27. The first kappa shape index (κ1) is 9.72. The fourth-order valence-corrected chi connectivity index (χ4v) is 1.75. The third kappa shape index (κ3) is 2.36. The Morgan fingerprint density at radius 3 is 2.57 bits per heavy atom. The number of alkyl halides is 1. The molecule has 0 spiro atoms. The molecular formula is C12H13ClO. The van der Waals surface area contributed by atoms with Gasteiger partial charge in [-0.05, 0) is 24.3 Å². The minimum atomic E-state index is -0.447. The molecule has 1 nitrogen and oxygen atoms in total. The van der Waals surface area contributed by atoms with E-state index in [4.69, 9.17) is 11.6 Å². The van der Waals surface area contributed by atoms with Gasteiger partial charge in [0, 0.05) is 6.42 Å². The van der Waals surface area contributed by atoms with Crippen molar-refractivity contribution in [3.63, 3.8) is 0 Å². The molecule has 0 saturated heterocycles. The van der Waals surface area contributed by atoms with Crippen LogP contribution < -0.4 is 0 Å². The summed E-state index contributed by atoms with van der Waals surface area (Å²) in [5.74, 6) is 0.785. The first-order chi connectivity index (χ1) is 6.77. The van der Waals surface area contributed by atoms with Gasteiger partial charge in [0.2, 0.25) is 0 Å². The van der Waals surface area contributed by atoms with Crippen LogP contribution in [0.1, 0.15) is 30.2 Å². The molecule has 0 heterocycles. The zero-order valence-electron chi connectivity index (χ0n) is 7.95. The minimum Gasteiger partial charge on any atom is -0.298 e. The highest BCUT2D eigenvalue weighted by Crippen LogP contribution is 2.35. The lowest BCUT2D eigenvalue weighted by Gasteiger charge is -2.07. The molecule has 1 fully saturated rings. The SMILES string of the molecule is O=C(CC1CC1)C(Cl)c1ccccc1. The van der Waals surface area contributed by atoms with E-state index in [0.29, 0.717) is 12.3 Å². The molecule has 74 valence electrons. The second-order valence-corrected chi connectivity index (χ2v) is 4.32. The topological polar surface area (TPSA) is 17.1 Å². The maximum atomic E-state index is 11.7. The zero-order valence-corrected chi connectivity index (χ0v) is 8.70. The summed E-state index contributed by atoms with van der Waals surface area (Å²) in [6.45, 7) is 0. The molecule has 1 unspecified atom stereocenters. The van der Waals surface area contributed by atoms with Crippen LogP contribution in [0, 0.1) is 5.92 Å². The van der Waals surface area contributed by atoms with Gasteiger partial charge in [-0.3, -0.25) is 4.79 Å². The van der Waals surface area contributed by atoms with Crippen LogP contribution in [0.2, 0.25) is 0 Å². The number of Topliss-reactive ketones (excluding diaryl/α,β-unsaturated/α-hetero) is 1. The van der Waals surface area contributed by atoms with E-state index in [1.54, 1.807) is 0 Å². The van der Waals surface area contributed by atoms with Gasteiger partial charge in [0.1, 0.15) is 5.38 Å². The quantitative estimate of drug-likeness (QED) is 0.694. The molecule has 14 heavy (non-hydrogen) atoms. The first-order valence-corrected chi connectivity index (χ1v) is 5.43. The summed E-state index contributed by atoms with van der Waals surface area (Å²) in [5.41, 5.74) is 0.916. The van der Waals surface area contributed by atoms with Crippen molar-refractivity contribution in [3.8, 4) is 0 Å². The van der Waals surface area contributed by atoms with Crippen LogP contribution in [-0.2, 0) is 4.79 Å². The number of ketones is 1. The Kier molecular flexibility index (Phi) is 2.87. The summed E-state index contributed by atoms with van der Waals surface area (Å²) < 4.78 is 0. The molecule has 1 aromatic rings. The molecule has 1 saturated carbocycles. The van der Waals surface area contributed by atoms with Gasteiger partial charge in [0.05, 0.1) is 0 Å². The Morgan fingerprint density at radius 1 is 1.36 bits per heavy atom. The largest absolute Gasteiger partial charge is 0.298 e. The number of hydrogen-bond acceptors (Lipinski definition) is 1. The van der Waals surface area contributed by atoms with Crippen molar-refractivity contribution in [2.75, 3.05) is 0 Å². The number of carbonyl (C=O) groups excluding carboxylic acids is 1. The van der Waals surface area contributed by atoms with Crippen LogP contribution in [0.3, 0.4) is 0 Å². The van der Waals surface area contributed by atoms with Crippen LogP contribution in [0.4, 0.5) is 0 Å². The Labute approximate surface area is 89.1 Å². The van der Waals surface area contributed by atoms with Gasteiger partial charge in [0.25, 0.3) is 0 Å². The molecule has 0 bridgehead atoms. The van der Waals surface area contributed by atoms with Crippen LogP contribution >= 0.6 is 11.6 Å². The molecule has 1 atom stereocenters. The standard InChI is InChI=1S/C12H13ClO/c13-12(10-4-2-1-3-5-10)11(14)8-9-6-7-9/h1-5,9,12H,6-8H2. The molecule has 2 rings (SSSR count). The average Bonchev–Trinajstić information content (AvgIpc) is 3.02. The number of halogens is 1. The van der Waals surface area contributed by atoms with E-state index < -0.39 is 5.38 Å². The lowest BCUT2D eigenvalue weighted by atomic mass is 10.0. The number of benzene rings is 1. The molecule has 2 heteroatoms. The summed E-state index contributed by atoms with van der Waals surface area (Å²) in [7, 11) is 0. The molecule has 0 aliphatic heterocycles. The molecule has 0 amide bonds. The Morgan fingerprint density at radius 2 is 2.00 bits per heavy atom. The minimum absolute atomic E-state index is 0.167. The second-order valence-electron chi connectivity index (χ2n) is 3.89. The molecular weight excluding hydrogens is 196 g/mol. The third-order valence-electron chi connectivity index (χ3n) is 2.56. The van der Waals surface area contributed by atoms with E-state index in [9.17, 15) is 4.79 Å². The molecule has 1 aliphatic carbocycles. The Bertz CT molecular complexity index is 316. The molecule has 0 aromatic heterocycles. The first-order valence-electron chi connectivity index (χ1n) is 4.99. The highest BCUT2D eigenvalue weighted by molar-refractivity contribution is 6.31. The average molecular weight is 209 g/mol. The van der Waals surface area contributed by atoms with Gasteiger partial charge in [-0.25, -0.2) is 0 Å². The lowest BCUT2D eigenvalue weighted by Crippen LogP contribution is -2.07. The van der Waals surface area contributed by atoms with Crippen LogP contribution in [-0.4, -0.2) is 5.78 Å². The number of rotatable bonds is 4. The summed E-state index contributed by atoms with van der Waals surface area (Å²) in [6, 6.07) is 9.56. The van der Waals surface area contributed by atoms with E-state index in [1.165, 1.54) is 12.8 Å². The fraction of sp³-hybridized carbons (Fsp3) is 0.417. The maximum Gasteiger partial charge on any atom is 0.155 e. The monoisotopic (exact) mass is 208 g/mol. The van der Waals surface area contributed by atoms with Crippen molar-refractivity contribution < 1.29 is 4.79 Å². The Balaban J connectivity index is 1.99. The maximum absolute atomic E-state index is 11.7. The predicted octanol–water partition coefficient (Wildman–Crippen LogP) is 3.34. The fourth-order valence-electron chi connectivity index (χ4n) is 1.52. The summed E-state index contributed by atoms with van der Waals surface area (Å²) in [6.07, 6.45) is 3.05. The second kappa shape index (κ2) is 4.14. The molecule has 0 N–H and O–H groups in total. The van der Waals surface area contributed by atoms with Gasteiger partial charge in [0.15, 0.2) is 5.78 Å². The van der Waals surface area contributed by atoms with Gasteiger partial charge in [-0.2, -0.15) is 0 Å². The number of hydrogen-bond donors (Lipinski definition) is 0. The van der Waals surface area contributed by atoms with Crippen LogP contribution in [0.5, 0.6) is 0 Å². The van der Waals surface area contributed by atoms with E-state index >= 15 is 0 Å². The third-order valence-corrected chi connectivity index (χ3v) is 3.06. The van der Waals surface area contributed by atoms with E-state index in [-0.39, 0.29) is 5.78 Å². The lowest BCUT2D eigenvalue weighted by molar-refractivity contribution is -0.119. The predicted molar refractivity (Wildman–Crippen MR) is 57.4 cm³/mol. The number of carbonyl (C=O) groups is 1.